The van der Waals surface area contributed by atoms with Gasteiger partial charge in [-0.1, -0.05) is 78.7 Å². The van der Waals surface area contributed by atoms with Gasteiger partial charge in [0, 0.05) is 36.8 Å². The quantitative estimate of drug-likeness (QED) is 0.355. The van der Waals surface area contributed by atoms with Crippen molar-refractivity contribution in [3.63, 3.8) is 0 Å². The van der Waals surface area contributed by atoms with Gasteiger partial charge in [-0.05, 0) is 48.7 Å². The molecule has 0 unspecified atom stereocenters. The molecule has 0 bridgehead atoms. The van der Waals surface area contributed by atoms with Gasteiger partial charge in [0.05, 0.1) is 11.6 Å². The summed E-state index contributed by atoms with van der Waals surface area (Å²) in [5.74, 6) is 0.317. The molecule has 1 aromatic heterocycles. The molecule has 2 aromatic carbocycles. The van der Waals surface area contributed by atoms with E-state index in [1.807, 2.05) is 36.4 Å². The highest BCUT2D eigenvalue weighted by Crippen LogP contribution is 2.43. The molecule has 1 saturated carbocycles. The number of nitrogens with one attached hydrogen (secondary N) is 1. The van der Waals surface area contributed by atoms with Gasteiger partial charge in [0.25, 0.3) is 0 Å². The zero-order valence-electron chi connectivity index (χ0n) is 17.1. The first-order valence-electron chi connectivity index (χ1n) is 10.6. The van der Waals surface area contributed by atoms with Crippen LogP contribution in [0.15, 0.2) is 48.5 Å². The Kier molecular flexibility index (Phi) is 7.60. The van der Waals surface area contributed by atoms with Crippen LogP contribution in [0.1, 0.15) is 43.4 Å². The molecule has 0 spiro atoms. The van der Waals surface area contributed by atoms with Gasteiger partial charge in [0.15, 0.2) is 0 Å². The number of hydrogen-bond acceptors (Lipinski definition) is 2. The van der Waals surface area contributed by atoms with E-state index >= 15 is 0 Å². The van der Waals surface area contributed by atoms with Gasteiger partial charge in [-0.25, -0.2) is 0 Å². The number of thiophene rings is 1. The minimum absolute atomic E-state index is 0.142. The van der Waals surface area contributed by atoms with Crippen molar-refractivity contribution in [2.24, 2.45) is 5.92 Å². The summed E-state index contributed by atoms with van der Waals surface area (Å²) in [4.78, 5) is 14.9. The summed E-state index contributed by atoms with van der Waals surface area (Å²) in [5.41, 5.74) is 3.06. The average Bonchev–Trinajstić information content (AvgIpc) is 2.98. The maximum absolute atomic E-state index is 12.7. The minimum Gasteiger partial charge on any atom is -0.351 e. The van der Waals surface area contributed by atoms with Crippen LogP contribution in [0, 0.1) is 5.92 Å². The van der Waals surface area contributed by atoms with Crippen LogP contribution in [-0.2, 0) is 11.3 Å². The molecule has 0 saturated heterocycles. The number of benzene rings is 2. The van der Waals surface area contributed by atoms with Gasteiger partial charge in [0.2, 0.25) is 5.91 Å². The number of hydrogen-bond donors (Lipinski definition) is 1. The van der Waals surface area contributed by atoms with Crippen molar-refractivity contribution >= 4 is 52.0 Å². The van der Waals surface area contributed by atoms with Crippen LogP contribution in [0.2, 0.25) is 15.1 Å². The van der Waals surface area contributed by atoms with Crippen LogP contribution in [0.3, 0.4) is 0 Å². The van der Waals surface area contributed by atoms with Gasteiger partial charge in [-0.2, -0.15) is 0 Å². The average molecular weight is 493 g/mol. The van der Waals surface area contributed by atoms with Gasteiger partial charge in [-0.15, -0.1) is 11.3 Å². The summed E-state index contributed by atoms with van der Waals surface area (Å²) in [7, 11) is 0. The van der Waals surface area contributed by atoms with Crippen LogP contribution >= 0.6 is 46.1 Å². The molecule has 1 amide bonds. The van der Waals surface area contributed by atoms with Gasteiger partial charge in [-0.3, -0.25) is 4.79 Å². The van der Waals surface area contributed by atoms with Crippen molar-refractivity contribution in [3.05, 3.63) is 68.5 Å². The summed E-state index contributed by atoms with van der Waals surface area (Å²) in [6, 6.07) is 15.5. The van der Waals surface area contributed by atoms with E-state index in [1.165, 1.54) is 12.8 Å². The van der Waals surface area contributed by atoms with E-state index in [0.717, 1.165) is 52.1 Å². The summed E-state index contributed by atoms with van der Waals surface area (Å²) < 4.78 is 0. The van der Waals surface area contributed by atoms with Crippen LogP contribution < -0.4 is 5.32 Å². The smallest absolute Gasteiger partial charge is 0.223 e. The minimum atomic E-state index is 0.142. The Morgan fingerprint density at radius 3 is 2.23 bits per heavy atom. The lowest BCUT2D eigenvalue weighted by molar-refractivity contribution is -0.125. The lowest BCUT2D eigenvalue weighted by Gasteiger charge is -2.13. The molecule has 0 atom stereocenters. The number of carbonyl (C=O) groups is 1. The second-order valence-electron chi connectivity index (χ2n) is 7.99. The van der Waals surface area contributed by atoms with E-state index in [1.54, 1.807) is 17.4 Å². The van der Waals surface area contributed by atoms with Crippen molar-refractivity contribution in [1.82, 2.24) is 5.32 Å². The van der Waals surface area contributed by atoms with Crippen LogP contribution in [0.25, 0.3) is 21.6 Å². The van der Waals surface area contributed by atoms with E-state index in [0.29, 0.717) is 21.6 Å². The van der Waals surface area contributed by atoms with Crippen molar-refractivity contribution in [2.45, 2.75) is 45.1 Å². The predicted octanol–water partition coefficient (Wildman–Crippen LogP) is 8.63. The second kappa shape index (κ2) is 10.4. The molecule has 31 heavy (non-hydrogen) atoms. The SMILES string of the molecule is O=C(NCc1cc(-c2ccc(Cl)cc2)c(-c2ccc(Cl)cc2Cl)s1)C1CCCCCC1. The van der Waals surface area contributed by atoms with E-state index in [4.69, 9.17) is 34.8 Å². The summed E-state index contributed by atoms with van der Waals surface area (Å²) >= 11 is 20.4. The predicted molar refractivity (Wildman–Crippen MR) is 133 cm³/mol. The largest absolute Gasteiger partial charge is 0.351 e. The monoisotopic (exact) mass is 491 g/mol. The Bertz CT molecular complexity index is 1050. The first-order chi connectivity index (χ1) is 15.0. The fourth-order valence-electron chi connectivity index (χ4n) is 4.11. The van der Waals surface area contributed by atoms with Crippen LogP contribution in [0.4, 0.5) is 0 Å². The Labute approximate surface area is 202 Å². The highest BCUT2D eigenvalue weighted by molar-refractivity contribution is 7.16. The molecule has 0 aliphatic heterocycles. The van der Waals surface area contributed by atoms with Gasteiger partial charge >= 0.3 is 0 Å². The zero-order chi connectivity index (χ0) is 21.8. The Morgan fingerprint density at radius 1 is 0.871 bits per heavy atom. The summed E-state index contributed by atoms with van der Waals surface area (Å²) in [6.45, 7) is 0.520. The van der Waals surface area contributed by atoms with Crippen molar-refractivity contribution in [2.75, 3.05) is 0 Å². The Morgan fingerprint density at radius 2 is 1.55 bits per heavy atom. The standard InChI is InChI=1S/C25H24Cl3NOS/c26-18-9-7-16(8-10-18)22-14-20(15-29-25(30)17-5-3-1-2-4-6-17)31-24(22)21-12-11-19(27)13-23(21)28/h7-14,17H,1-6,15H2,(H,29,30). The van der Waals surface area contributed by atoms with Crippen LogP contribution in [-0.4, -0.2) is 5.91 Å². The molecule has 1 heterocycles. The van der Waals surface area contributed by atoms with Gasteiger partial charge in [0.1, 0.15) is 0 Å². The topological polar surface area (TPSA) is 29.1 Å². The Balaban J connectivity index is 1.61. The lowest BCUT2D eigenvalue weighted by Crippen LogP contribution is -2.29. The molecular weight excluding hydrogens is 469 g/mol. The molecule has 4 rings (SSSR count). The number of amides is 1. The first kappa shape index (κ1) is 22.7. The molecule has 1 fully saturated rings. The maximum atomic E-state index is 12.7. The van der Waals surface area contributed by atoms with Gasteiger partial charge < -0.3 is 5.32 Å². The molecule has 2 nitrogen and oxygen atoms in total. The number of halogens is 3. The van der Waals surface area contributed by atoms with E-state index in [2.05, 4.69) is 11.4 Å². The molecule has 1 aliphatic rings. The normalized spacial score (nSPS) is 14.9. The fourth-order valence-corrected chi connectivity index (χ4v) is 5.95. The molecule has 1 aliphatic carbocycles. The van der Waals surface area contributed by atoms with E-state index in [9.17, 15) is 4.79 Å². The number of rotatable bonds is 5. The maximum Gasteiger partial charge on any atom is 0.223 e. The summed E-state index contributed by atoms with van der Waals surface area (Å²) in [6.07, 6.45) is 6.78. The molecule has 3 aromatic rings. The highest BCUT2D eigenvalue weighted by atomic mass is 35.5. The van der Waals surface area contributed by atoms with E-state index < -0.39 is 0 Å². The zero-order valence-corrected chi connectivity index (χ0v) is 20.2. The van der Waals surface area contributed by atoms with Crippen molar-refractivity contribution in [3.8, 4) is 21.6 Å². The van der Waals surface area contributed by atoms with Crippen molar-refractivity contribution in [1.29, 1.82) is 0 Å². The summed E-state index contributed by atoms with van der Waals surface area (Å²) in [5, 5.41) is 5.08. The number of carbonyl (C=O) groups excluding carboxylic acids is 1. The first-order valence-corrected chi connectivity index (χ1v) is 12.6. The molecule has 162 valence electrons. The third-order valence-electron chi connectivity index (χ3n) is 5.78. The third kappa shape index (κ3) is 5.64. The molecule has 0 radical (unpaired) electrons. The fraction of sp³-hybridized carbons (Fsp3) is 0.320. The second-order valence-corrected chi connectivity index (χ2v) is 10.4. The third-order valence-corrected chi connectivity index (χ3v) is 7.75. The highest BCUT2D eigenvalue weighted by Gasteiger charge is 2.21. The van der Waals surface area contributed by atoms with E-state index in [-0.39, 0.29) is 11.8 Å². The van der Waals surface area contributed by atoms with Crippen molar-refractivity contribution < 1.29 is 4.79 Å². The molecule has 6 heteroatoms. The lowest BCUT2D eigenvalue weighted by atomic mass is 9.99. The van der Waals surface area contributed by atoms with Crippen LogP contribution in [0.5, 0.6) is 0 Å². The molecule has 1 N–H and O–H groups in total. The molecular formula is C25H24Cl3NOS. The Hall–Kier alpha value is -1.52.